The second-order valence-electron chi connectivity index (χ2n) is 5.69. The molecule has 0 aromatic rings. The van der Waals surface area contributed by atoms with Crippen LogP contribution >= 0.6 is 12.2 Å². The van der Waals surface area contributed by atoms with Crippen LogP contribution in [0.5, 0.6) is 0 Å². The fraction of sp³-hybridized carbons (Fsp3) is 0.857. The molecule has 0 radical (unpaired) electrons. The van der Waals surface area contributed by atoms with E-state index in [1.807, 2.05) is 11.8 Å². The van der Waals surface area contributed by atoms with Crippen molar-refractivity contribution in [1.29, 1.82) is 0 Å². The highest BCUT2D eigenvalue weighted by atomic mass is 32.1. The molecule has 0 aromatic carbocycles. The largest absolute Gasteiger partial charge is 0.392 e. The van der Waals surface area contributed by atoms with Gasteiger partial charge in [0.05, 0.1) is 23.6 Å². The van der Waals surface area contributed by atoms with Crippen LogP contribution in [0.25, 0.3) is 0 Å². The first-order valence-electron chi connectivity index (χ1n) is 7.50. The van der Waals surface area contributed by atoms with E-state index in [1.54, 1.807) is 0 Å². The van der Waals surface area contributed by atoms with Gasteiger partial charge >= 0.3 is 0 Å². The van der Waals surface area contributed by atoms with E-state index >= 15 is 0 Å². The van der Waals surface area contributed by atoms with Crippen LogP contribution < -0.4 is 5.73 Å². The average Bonchev–Trinajstić information content (AvgIpc) is 2.47. The summed E-state index contributed by atoms with van der Waals surface area (Å²) in [5, 5.41) is 0. The lowest BCUT2D eigenvalue weighted by molar-refractivity contribution is -0.137. The molecule has 2 unspecified atom stereocenters. The quantitative estimate of drug-likeness (QED) is 0.777. The number of nitrogens with two attached hydrogens (primary N) is 1. The van der Waals surface area contributed by atoms with Gasteiger partial charge in [0.25, 0.3) is 0 Å². The molecule has 0 aromatic heterocycles. The summed E-state index contributed by atoms with van der Waals surface area (Å²) in [5.74, 6) is 0.222. The van der Waals surface area contributed by atoms with E-state index in [4.69, 9.17) is 22.7 Å². The summed E-state index contributed by atoms with van der Waals surface area (Å²) in [7, 11) is 0. The second-order valence-corrected chi connectivity index (χ2v) is 6.16. The Hall–Kier alpha value is -0.720. The fourth-order valence-electron chi connectivity index (χ4n) is 2.83. The predicted molar refractivity (Wildman–Crippen MR) is 82.6 cm³/mol. The van der Waals surface area contributed by atoms with Gasteiger partial charge in [-0.2, -0.15) is 0 Å². The Morgan fingerprint density at radius 2 is 2.05 bits per heavy atom. The van der Waals surface area contributed by atoms with Crippen LogP contribution in [0.1, 0.15) is 32.6 Å². The molecule has 2 rings (SSSR count). The van der Waals surface area contributed by atoms with Gasteiger partial charge in [-0.3, -0.25) is 9.69 Å². The zero-order chi connectivity index (χ0) is 14.5. The van der Waals surface area contributed by atoms with Gasteiger partial charge in [0.2, 0.25) is 5.91 Å². The van der Waals surface area contributed by atoms with Crippen molar-refractivity contribution in [3.8, 4) is 0 Å². The normalized spacial score (nSPS) is 26.2. The Balaban J connectivity index is 1.75. The molecule has 0 spiro atoms. The standard InChI is InChI=1S/C14H25N3O2S/c1-11(14(15)20)16-5-7-17(8-6-16)13(18)10-12-4-2-3-9-19-12/h11-12H,2-10H2,1H3,(H2,15,20). The minimum absolute atomic E-state index is 0.115. The molecule has 2 atom stereocenters. The van der Waals surface area contributed by atoms with Crippen LogP contribution in [-0.4, -0.2) is 65.6 Å². The molecule has 2 fully saturated rings. The van der Waals surface area contributed by atoms with E-state index in [0.29, 0.717) is 11.4 Å². The third-order valence-electron chi connectivity index (χ3n) is 4.30. The van der Waals surface area contributed by atoms with Crippen molar-refractivity contribution in [2.75, 3.05) is 32.8 Å². The third kappa shape index (κ3) is 4.14. The lowest BCUT2D eigenvalue weighted by atomic mass is 10.1. The average molecular weight is 299 g/mol. The lowest BCUT2D eigenvalue weighted by Gasteiger charge is -2.38. The molecule has 2 N–H and O–H groups in total. The SMILES string of the molecule is CC(C(N)=S)N1CCN(C(=O)CC2CCCCO2)CC1. The van der Waals surface area contributed by atoms with Gasteiger partial charge in [0.1, 0.15) is 0 Å². The molecule has 0 aliphatic carbocycles. The highest BCUT2D eigenvalue weighted by Crippen LogP contribution is 2.17. The monoisotopic (exact) mass is 299 g/mol. The molecule has 0 saturated carbocycles. The molecular formula is C14H25N3O2S. The van der Waals surface area contributed by atoms with Gasteiger partial charge in [-0.05, 0) is 26.2 Å². The summed E-state index contributed by atoms with van der Waals surface area (Å²) in [6.07, 6.45) is 3.98. The number of carbonyl (C=O) groups is 1. The molecule has 0 bridgehead atoms. The summed E-state index contributed by atoms with van der Waals surface area (Å²) in [6, 6.07) is 0.115. The number of amides is 1. The van der Waals surface area contributed by atoms with E-state index in [9.17, 15) is 4.79 Å². The van der Waals surface area contributed by atoms with Crippen molar-refractivity contribution >= 4 is 23.1 Å². The number of piperazine rings is 1. The molecule has 1 amide bonds. The minimum Gasteiger partial charge on any atom is -0.392 e. The highest BCUT2D eigenvalue weighted by molar-refractivity contribution is 7.80. The van der Waals surface area contributed by atoms with Crippen LogP contribution in [0, 0.1) is 0 Å². The maximum atomic E-state index is 12.3. The number of nitrogens with zero attached hydrogens (tertiary/aromatic N) is 2. The third-order valence-corrected chi connectivity index (χ3v) is 4.64. The first-order valence-corrected chi connectivity index (χ1v) is 7.91. The van der Waals surface area contributed by atoms with Gasteiger partial charge in [-0.25, -0.2) is 0 Å². The maximum Gasteiger partial charge on any atom is 0.225 e. The van der Waals surface area contributed by atoms with Gasteiger partial charge in [-0.1, -0.05) is 12.2 Å². The Labute approximate surface area is 126 Å². The summed E-state index contributed by atoms with van der Waals surface area (Å²) >= 11 is 5.03. The highest BCUT2D eigenvalue weighted by Gasteiger charge is 2.27. The van der Waals surface area contributed by atoms with E-state index in [2.05, 4.69) is 4.90 Å². The summed E-state index contributed by atoms with van der Waals surface area (Å²) in [4.78, 5) is 17.0. The van der Waals surface area contributed by atoms with E-state index in [0.717, 1.165) is 45.6 Å². The van der Waals surface area contributed by atoms with Crippen molar-refractivity contribution in [2.24, 2.45) is 5.73 Å². The van der Waals surface area contributed by atoms with E-state index in [-0.39, 0.29) is 18.1 Å². The van der Waals surface area contributed by atoms with Gasteiger partial charge in [-0.15, -0.1) is 0 Å². The zero-order valence-electron chi connectivity index (χ0n) is 12.2. The second kappa shape index (κ2) is 7.33. The Morgan fingerprint density at radius 1 is 1.35 bits per heavy atom. The number of rotatable bonds is 4. The van der Waals surface area contributed by atoms with E-state index < -0.39 is 0 Å². The summed E-state index contributed by atoms with van der Waals surface area (Å²) in [6.45, 7) is 6.04. The summed E-state index contributed by atoms with van der Waals surface area (Å²) in [5.41, 5.74) is 5.68. The van der Waals surface area contributed by atoms with Crippen LogP contribution in [0.15, 0.2) is 0 Å². The summed E-state index contributed by atoms with van der Waals surface area (Å²) < 4.78 is 5.64. The molecule has 114 valence electrons. The van der Waals surface area contributed by atoms with Crippen LogP contribution in [0.3, 0.4) is 0 Å². The smallest absolute Gasteiger partial charge is 0.225 e. The van der Waals surface area contributed by atoms with Crippen molar-refractivity contribution < 1.29 is 9.53 Å². The van der Waals surface area contributed by atoms with Crippen molar-refractivity contribution in [3.05, 3.63) is 0 Å². The van der Waals surface area contributed by atoms with Crippen LogP contribution in [-0.2, 0) is 9.53 Å². The molecule has 20 heavy (non-hydrogen) atoms. The van der Waals surface area contributed by atoms with Gasteiger partial charge in [0.15, 0.2) is 0 Å². The lowest BCUT2D eigenvalue weighted by Crippen LogP contribution is -2.54. The van der Waals surface area contributed by atoms with Crippen LogP contribution in [0.4, 0.5) is 0 Å². The minimum atomic E-state index is 0.115. The molecule has 2 saturated heterocycles. The Bertz CT molecular complexity index is 350. The molecule has 2 aliphatic rings. The Morgan fingerprint density at radius 3 is 2.60 bits per heavy atom. The van der Waals surface area contributed by atoms with Crippen LogP contribution in [0.2, 0.25) is 0 Å². The van der Waals surface area contributed by atoms with E-state index in [1.165, 1.54) is 6.42 Å². The topological polar surface area (TPSA) is 58.8 Å². The molecule has 2 heterocycles. The van der Waals surface area contributed by atoms with Crippen molar-refractivity contribution in [3.63, 3.8) is 0 Å². The van der Waals surface area contributed by atoms with Crippen molar-refractivity contribution in [1.82, 2.24) is 9.80 Å². The molecule has 5 nitrogen and oxygen atoms in total. The number of thiocarbonyl (C=S) groups is 1. The predicted octanol–water partition coefficient (Wildman–Crippen LogP) is 0.764. The maximum absolute atomic E-state index is 12.3. The number of ether oxygens (including phenoxy) is 1. The van der Waals surface area contributed by atoms with Crippen molar-refractivity contribution in [2.45, 2.75) is 44.8 Å². The Kier molecular flexibility index (Phi) is 5.74. The first kappa shape index (κ1) is 15.7. The molecular weight excluding hydrogens is 274 g/mol. The zero-order valence-corrected chi connectivity index (χ0v) is 13.0. The number of carbonyl (C=O) groups excluding carboxylic acids is 1. The fourth-order valence-corrected chi connectivity index (χ4v) is 2.98. The molecule has 6 heteroatoms. The first-order chi connectivity index (χ1) is 9.58. The number of hydrogen-bond acceptors (Lipinski definition) is 4. The van der Waals surface area contributed by atoms with Gasteiger partial charge < -0.3 is 15.4 Å². The number of hydrogen-bond donors (Lipinski definition) is 1. The molecule has 2 aliphatic heterocycles. The van der Waals surface area contributed by atoms with Gasteiger partial charge in [0, 0.05) is 32.8 Å².